The Morgan fingerprint density at radius 2 is 2.33 bits per heavy atom. The molecule has 0 heterocycles. The number of hydrogen-bond donors (Lipinski definition) is 1. The maximum Gasteiger partial charge on any atom is 0.339 e. The molecule has 0 aliphatic heterocycles. The molecule has 1 N–H and O–H groups in total. The van der Waals surface area contributed by atoms with Gasteiger partial charge in [-0.15, -0.1) is 0 Å². The quantitative estimate of drug-likeness (QED) is 0.828. The molecule has 0 atom stereocenters. The normalized spacial score (nSPS) is 9.47. The van der Waals surface area contributed by atoms with E-state index in [2.05, 4.69) is 20.7 Å². The molecule has 1 rings (SSSR count). The van der Waals surface area contributed by atoms with Crippen molar-refractivity contribution in [3.05, 3.63) is 33.3 Å². The van der Waals surface area contributed by atoms with Gasteiger partial charge in [0, 0.05) is 10.0 Å². The Morgan fingerprint density at radius 3 is 2.80 bits per heavy atom. The zero-order chi connectivity index (χ0) is 11.4. The second kappa shape index (κ2) is 4.91. The molecule has 0 spiro atoms. The molecule has 4 nitrogen and oxygen atoms in total. The fraction of sp³-hybridized carbons (Fsp3) is 0.200. The Labute approximate surface area is 95.2 Å². The Hall–Kier alpha value is -1.38. The van der Waals surface area contributed by atoms with E-state index in [4.69, 9.17) is 10.4 Å². The fourth-order valence-corrected chi connectivity index (χ4v) is 1.64. The van der Waals surface area contributed by atoms with Crippen molar-refractivity contribution >= 4 is 21.9 Å². The SMILES string of the molecule is COC(=O)c1ccc(Br)c(CO)c1C#N. The predicted molar refractivity (Wildman–Crippen MR) is 56.1 cm³/mol. The summed E-state index contributed by atoms with van der Waals surface area (Å²) in [4.78, 5) is 11.3. The van der Waals surface area contributed by atoms with E-state index < -0.39 is 5.97 Å². The number of hydrogen-bond acceptors (Lipinski definition) is 4. The van der Waals surface area contributed by atoms with Crippen molar-refractivity contribution in [1.82, 2.24) is 0 Å². The number of esters is 1. The van der Waals surface area contributed by atoms with E-state index in [9.17, 15) is 4.79 Å². The van der Waals surface area contributed by atoms with Crippen LogP contribution in [0.15, 0.2) is 16.6 Å². The van der Waals surface area contributed by atoms with Crippen LogP contribution in [0.3, 0.4) is 0 Å². The van der Waals surface area contributed by atoms with Crippen LogP contribution in [-0.2, 0) is 11.3 Å². The summed E-state index contributed by atoms with van der Waals surface area (Å²) in [5.74, 6) is -0.589. The molecule has 0 amide bonds. The molecule has 0 saturated heterocycles. The second-order valence-corrected chi connectivity index (χ2v) is 3.56. The number of rotatable bonds is 2. The number of halogens is 1. The number of nitrogens with zero attached hydrogens (tertiary/aromatic N) is 1. The van der Waals surface area contributed by atoms with Gasteiger partial charge in [-0.25, -0.2) is 4.79 Å². The largest absolute Gasteiger partial charge is 0.465 e. The molecule has 5 heteroatoms. The van der Waals surface area contributed by atoms with Crippen molar-refractivity contribution in [2.75, 3.05) is 7.11 Å². The molecule has 0 radical (unpaired) electrons. The Bertz CT molecular complexity index is 437. The van der Waals surface area contributed by atoms with Crippen LogP contribution in [0.1, 0.15) is 21.5 Å². The molecule has 0 aromatic heterocycles. The topological polar surface area (TPSA) is 70.3 Å². The molecule has 0 aliphatic rings. The maximum absolute atomic E-state index is 11.3. The summed E-state index contributed by atoms with van der Waals surface area (Å²) in [5.41, 5.74) is 0.686. The van der Waals surface area contributed by atoms with Crippen LogP contribution in [0, 0.1) is 11.3 Å². The zero-order valence-electron chi connectivity index (χ0n) is 7.95. The van der Waals surface area contributed by atoms with Crippen LogP contribution in [0.5, 0.6) is 0 Å². The number of aliphatic hydroxyl groups excluding tert-OH is 1. The minimum absolute atomic E-state index is 0.138. The summed E-state index contributed by atoms with van der Waals surface area (Å²) in [5, 5.41) is 18.0. The van der Waals surface area contributed by atoms with E-state index in [-0.39, 0.29) is 17.7 Å². The van der Waals surface area contributed by atoms with Gasteiger partial charge in [-0.05, 0) is 12.1 Å². The third kappa shape index (κ3) is 2.17. The molecule has 0 saturated carbocycles. The zero-order valence-corrected chi connectivity index (χ0v) is 9.54. The van der Waals surface area contributed by atoms with Crippen LogP contribution in [-0.4, -0.2) is 18.2 Å². The average molecular weight is 270 g/mol. The summed E-state index contributed by atoms with van der Waals surface area (Å²) >= 11 is 3.19. The van der Waals surface area contributed by atoms with E-state index in [1.165, 1.54) is 13.2 Å². The van der Waals surface area contributed by atoms with E-state index in [1.54, 1.807) is 6.07 Å². The first kappa shape index (κ1) is 11.7. The van der Waals surface area contributed by atoms with Crippen LogP contribution < -0.4 is 0 Å². The fourth-order valence-electron chi connectivity index (χ4n) is 1.18. The smallest absolute Gasteiger partial charge is 0.339 e. The molecular weight excluding hydrogens is 262 g/mol. The molecule has 1 aromatic carbocycles. The molecule has 0 unspecified atom stereocenters. The molecule has 1 aromatic rings. The van der Waals surface area contributed by atoms with Crippen LogP contribution in [0.2, 0.25) is 0 Å². The molecule has 0 aliphatic carbocycles. The molecule has 0 bridgehead atoms. The lowest BCUT2D eigenvalue weighted by molar-refractivity contribution is 0.0600. The maximum atomic E-state index is 11.3. The van der Waals surface area contributed by atoms with Gasteiger partial charge in [0.2, 0.25) is 0 Å². The highest BCUT2D eigenvalue weighted by atomic mass is 79.9. The third-order valence-corrected chi connectivity index (χ3v) is 2.67. The van der Waals surface area contributed by atoms with E-state index in [0.717, 1.165) is 0 Å². The van der Waals surface area contributed by atoms with Gasteiger partial charge in [0.05, 0.1) is 24.8 Å². The standard InChI is InChI=1S/C10H8BrNO3/c1-15-10(14)6-2-3-9(11)8(5-13)7(6)4-12/h2-3,13H,5H2,1H3. The van der Waals surface area contributed by atoms with Crippen molar-refractivity contribution in [3.63, 3.8) is 0 Å². The first-order valence-corrected chi connectivity index (χ1v) is 4.85. The van der Waals surface area contributed by atoms with Gasteiger partial charge in [0.1, 0.15) is 6.07 Å². The number of carbonyl (C=O) groups excluding carboxylic acids is 1. The van der Waals surface area contributed by atoms with Crippen molar-refractivity contribution in [2.45, 2.75) is 6.61 Å². The lowest BCUT2D eigenvalue weighted by Crippen LogP contribution is -2.07. The number of methoxy groups -OCH3 is 1. The summed E-state index contributed by atoms with van der Waals surface area (Å²) in [7, 11) is 1.24. The van der Waals surface area contributed by atoms with Crippen molar-refractivity contribution in [2.24, 2.45) is 0 Å². The minimum atomic E-state index is -0.589. The highest BCUT2D eigenvalue weighted by Gasteiger charge is 2.16. The van der Waals surface area contributed by atoms with Gasteiger partial charge in [-0.2, -0.15) is 5.26 Å². The minimum Gasteiger partial charge on any atom is -0.465 e. The second-order valence-electron chi connectivity index (χ2n) is 2.71. The number of ether oxygens (including phenoxy) is 1. The van der Waals surface area contributed by atoms with Gasteiger partial charge >= 0.3 is 5.97 Å². The summed E-state index contributed by atoms with van der Waals surface area (Å²) in [6, 6.07) is 4.96. The highest BCUT2D eigenvalue weighted by molar-refractivity contribution is 9.10. The predicted octanol–water partition coefficient (Wildman–Crippen LogP) is 1.60. The van der Waals surface area contributed by atoms with Gasteiger partial charge in [0.25, 0.3) is 0 Å². The average Bonchev–Trinajstić information content (AvgIpc) is 2.27. The van der Waals surface area contributed by atoms with Gasteiger partial charge < -0.3 is 9.84 Å². The van der Waals surface area contributed by atoms with Crippen molar-refractivity contribution < 1.29 is 14.6 Å². The molecular formula is C10H8BrNO3. The number of benzene rings is 1. The first-order chi connectivity index (χ1) is 7.15. The molecule has 0 fully saturated rings. The van der Waals surface area contributed by atoms with E-state index in [0.29, 0.717) is 10.0 Å². The third-order valence-electron chi connectivity index (χ3n) is 1.93. The van der Waals surface area contributed by atoms with Gasteiger partial charge in [-0.3, -0.25) is 0 Å². The van der Waals surface area contributed by atoms with E-state index in [1.807, 2.05) is 6.07 Å². The monoisotopic (exact) mass is 269 g/mol. The van der Waals surface area contributed by atoms with Crippen molar-refractivity contribution in [3.8, 4) is 6.07 Å². The Kier molecular flexibility index (Phi) is 3.83. The lowest BCUT2D eigenvalue weighted by atomic mass is 10.0. The number of nitriles is 1. The van der Waals surface area contributed by atoms with E-state index >= 15 is 0 Å². The summed E-state index contributed by atoms with van der Waals surface area (Å²) in [6.45, 7) is -0.311. The van der Waals surface area contributed by atoms with Gasteiger partial charge in [-0.1, -0.05) is 15.9 Å². The molecule has 78 valence electrons. The van der Waals surface area contributed by atoms with Crippen LogP contribution in [0.25, 0.3) is 0 Å². The van der Waals surface area contributed by atoms with Crippen LogP contribution >= 0.6 is 15.9 Å². The number of aliphatic hydroxyl groups is 1. The Balaban J connectivity index is 3.43. The summed E-state index contributed by atoms with van der Waals surface area (Å²) < 4.78 is 5.12. The van der Waals surface area contributed by atoms with Crippen LogP contribution in [0.4, 0.5) is 0 Å². The lowest BCUT2D eigenvalue weighted by Gasteiger charge is -2.07. The number of carbonyl (C=O) groups is 1. The van der Waals surface area contributed by atoms with Gasteiger partial charge in [0.15, 0.2) is 0 Å². The first-order valence-electron chi connectivity index (χ1n) is 4.06. The van der Waals surface area contributed by atoms with Crippen molar-refractivity contribution in [1.29, 1.82) is 5.26 Å². The Morgan fingerprint density at radius 1 is 1.67 bits per heavy atom. The molecule has 15 heavy (non-hydrogen) atoms. The summed E-state index contributed by atoms with van der Waals surface area (Å²) in [6.07, 6.45) is 0. The highest BCUT2D eigenvalue weighted by Crippen LogP contribution is 2.24.